The first-order chi connectivity index (χ1) is 12.6. The normalized spacial score (nSPS) is 25.9. The first kappa shape index (κ1) is 17.5. The van der Waals surface area contributed by atoms with E-state index in [4.69, 9.17) is 0 Å². The third-order valence-corrected chi connectivity index (χ3v) is 6.48. The van der Waals surface area contributed by atoms with E-state index in [2.05, 4.69) is 10.2 Å². The molecular formula is C19H29N5O2. The molecule has 0 radical (unpaired) electrons. The molecule has 0 aromatic carbocycles. The second-order valence-electron chi connectivity index (χ2n) is 8.12. The number of rotatable bonds is 3. The molecule has 7 nitrogen and oxygen atoms in total. The van der Waals surface area contributed by atoms with Crippen molar-refractivity contribution in [1.29, 1.82) is 0 Å². The average molecular weight is 359 g/mol. The van der Waals surface area contributed by atoms with Crippen molar-refractivity contribution in [2.24, 2.45) is 13.0 Å². The average Bonchev–Trinajstić information content (AvgIpc) is 3.33. The van der Waals surface area contributed by atoms with Crippen LogP contribution in [0.4, 0.5) is 0 Å². The van der Waals surface area contributed by atoms with Crippen LogP contribution in [-0.2, 0) is 16.6 Å². The van der Waals surface area contributed by atoms with Gasteiger partial charge in [0.05, 0.1) is 5.92 Å². The molecule has 2 amide bonds. The van der Waals surface area contributed by atoms with Crippen molar-refractivity contribution in [3.05, 3.63) is 12.2 Å². The molecule has 3 heterocycles. The molecule has 0 bridgehead atoms. The number of carbonyl (C=O) groups excluding carboxylic acids is 2. The quantitative estimate of drug-likeness (QED) is 0.824. The topological polar surface area (TPSA) is 71.3 Å². The zero-order valence-electron chi connectivity index (χ0n) is 15.6. The Morgan fingerprint density at radius 1 is 1.12 bits per heavy atom. The first-order valence-corrected chi connectivity index (χ1v) is 10.1. The molecule has 7 heteroatoms. The number of aromatic nitrogens is 3. The number of piperidine rings is 2. The second-order valence-corrected chi connectivity index (χ2v) is 8.12. The number of likely N-dealkylation sites (tertiary alicyclic amines) is 2. The fourth-order valence-electron chi connectivity index (χ4n) is 4.92. The minimum atomic E-state index is -0.0142. The number of amides is 2. The van der Waals surface area contributed by atoms with E-state index in [9.17, 15) is 9.59 Å². The minimum absolute atomic E-state index is 0.0142. The highest BCUT2D eigenvalue weighted by molar-refractivity contribution is 5.84. The van der Waals surface area contributed by atoms with E-state index < -0.39 is 0 Å². The van der Waals surface area contributed by atoms with Gasteiger partial charge in [-0.05, 0) is 32.1 Å². The molecular weight excluding hydrogens is 330 g/mol. The van der Waals surface area contributed by atoms with Gasteiger partial charge in [-0.2, -0.15) is 0 Å². The summed E-state index contributed by atoms with van der Waals surface area (Å²) in [6, 6.07) is 0.375. The van der Waals surface area contributed by atoms with E-state index in [1.54, 1.807) is 6.33 Å². The summed E-state index contributed by atoms with van der Waals surface area (Å²) in [7, 11) is 1.98. The fourth-order valence-corrected chi connectivity index (χ4v) is 4.92. The standard InChI is InChI=1S/C19H29N5O2/c1-22-13-20-21-18(22)14-8-10-23(11-9-14)19(26)15-6-7-17(25)24(12-15)16-4-2-3-5-16/h13-16H,2-12H2,1H3/t15-/m0/s1. The van der Waals surface area contributed by atoms with Crippen LogP contribution in [-0.4, -0.2) is 62.1 Å². The van der Waals surface area contributed by atoms with E-state index >= 15 is 0 Å². The lowest BCUT2D eigenvalue weighted by atomic mass is 9.91. The molecule has 26 heavy (non-hydrogen) atoms. The largest absolute Gasteiger partial charge is 0.342 e. The van der Waals surface area contributed by atoms with Gasteiger partial charge >= 0.3 is 0 Å². The zero-order valence-corrected chi connectivity index (χ0v) is 15.6. The Labute approximate surface area is 154 Å². The molecule has 0 N–H and O–H groups in total. The molecule has 0 spiro atoms. The predicted molar refractivity (Wildman–Crippen MR) is 96.3 cm³/mol. The number of carbonyl (C=O) groups is 2. The maximum Gasteiger partial charge on any atom is 0.227 e. The predicted octanol–water partition coefficient (Wildman–Crippen LogP) is 1.70. The lowest BCUT2D eigenvalue weighted by Crippen LogP contribution is -2.51. The van der Waals surface area contributed by atoms with Gasteiger partial charge in [-0.3, -0.25) is 9.59 Å². The number of nitrogens with zero attached hydrogens (tertiary/aromatic N) is 5. The van der Waals surface area contributed by atoms with Crippen LogP contribution in [0.3, 0.4) is 0 Å². The van der Waals surface area contributed by atoms with Crippen LogP contribution in [0.1, 0.15) is 63.1 Å². The van der Waals surface area contributed by atoms with Gasteiger partial charge in [0.25, 0.3) is 0 Å². The minimum Gasteiger partial charge on any atom is -0.342 e. The summed E-state index contributed by atoms with van der Waals surface area (Å²) < 4.78 is 1.98. The fraction of sp³-hybridized carbons (Fsp3) is 0.789. The Morgan fingerprint density at radius 3 is 2.50 bits per heavy atom. The molecule has 1 aromatic heterocycles. The van der Waals surface area contributed by atoms with E-state index in [0.29, 0.717) is 31.3 Å². The van der Waals surface area contributed by atoms with Gasteiger partial charge in [0, 0.05) is 45.1 Å². The van der Waals surface area contributed by atoms with Crippen molar-refractivity contribution in [3.63, 3.8) is 0 Å². The van der Waals surface area contributed by atoms with Crippen LogP contribution < -0.4 is 0 Å². The van der Waals surface area contributed by atoms with Crippen LogP contribution in [0.5, 0.6) is 0 Å². The number of aryl methyl sites for hydroxylation is 1. The molecule has 3 fully saturated rings. The van der Waals surface area contributed by atoms with Crippen LogP contribution in [0, 0.1) is 5.92 Å². The summed E-state index contributed by atoms with van der Waals surface area (Å²) in [5, 5.41) is 8.20. The van der Waals surface area contributed by atoms with Crippen LogP contribution in [0.2, 0.25) is 0 Å². The van der Waals surface area contributed by atoms with Crippen molar-refractivity contribution in [3.8, 4) is 0 Å². The monoisotopic (exact) mass is 359 g/mol. The molecule has 1 saturated carbocycles. The SMILES string of the molecule is Cn1cnnc1C1CCN(C(=O)[C@H]2CCC(=O)N(C3CCCC3)C2)CC1. The Bertz CT molecular complexity index is 659. The lowest BCUT2D eigenvalue weighted by molar-refractivity contribution is -0.145. The third-order valence-electron chi connectivity index (χ3n) is 6.48. The van der Waals surface area contributed by atoms with E-state index in [0.717, 1.165) is 44.6 Å². The van der Waals surface area contributed by atoms with Crippen molar-refractivity contribution in [1.82, 2.24) is 24.6 Å². The Hall–Kier alpha value is -1.92. The summed E-state index contributed by atoms with van der Waals surface area (Å²) in [5.41, 5.74) is 0. The molecule has 1 atom stereocenters. The third kappa shape index (κ3) is 3.35. The second kappa shape index (κ2) is 7.37. The van der Waals surface area contributed by atoms with E-state index in [1.165, 1.54) is 12.8 Å². The number of hydrogen-bond donors (Lipinski definition) is 0. The highest BCUT2D eigenvalue weighted by atomic mass is 16.2. The van der Waals surface area contributed by atoms with Crippen molar-refractivity contribution >= 4 is 11.8 Å². The molecule has 2 aliphatic heterocycles. The van der Waals surface area contributed by atoms with Gasteiger partial charge in [0.15, 0.2) is 0 Å². The zero-order chi connectivity index (χ0) is 18.1. The summed E-state index contributed by atoms with van der Waals surface area (Å²) in [6.07, 6.45) is 9.50. The van der Waals surface area contributed by atoms with Crippen LogP contribution in [0.25, 0.3) is 0 Å². The Morgan fingerprint density at radius 2 is 1.85 bits per heavy atom. The van der Waals surface area contributed by atoms with Crippen LogP contribution >= 0.6 is 0 Å². The number of hydrogen-bond acceptors (Lipinski definition) is 4. The Balaban J connectivity index is 1.34. The highest BCUT2D eigenvalue weighted by Gasteiger charge is 2.37. The molecule has 4 rings (SSSR count). The van der Waals surface area contributed by atoms with Gasteiger partial charge in [-0.1, -0.05) is 12.8 Å². The molecule has 1 aliphatic carbocycles. The van der Waals surface area contributed by atoms with Crippen molar-refractivity contribution < 1.29 is 9.59 Å². The summed E-state index contributed by atoms with van der Waals surface area (Å²) in [4.78, 5) is 29.4. The molecule has 3 aliphatic rings. The maximum absolute atomic E-state index is 13.0. The molecule has 142 valence electrons. The highest BCUT2D eigenvalue weighted by Crippen LogP contribution is 2.31. The van der Waals surface area contributed by atoms with Gasteiger partial charge in [-0.15, -0.1) is 10.2 Å². The molecule has 2 saturated heterocycles. The van der Waals surface area contributed by atoms with E-state index in [1.807, 2.05) is 21.4 Å². The van der Waals surface area contributed by atoms with Crippen molar-refractivity contribution in [2.75, 3.05) is 19.6 Å². The van der Waals surface area contributed by atoms with Gasteiger partial charge < -0.3 is 14.4 Å². The van der Waals surface area contributed by atoms with Crippen LogP contribution in [0.15, 0.2) is 6.33 Å². The maximum atomic E-state index is 13.0. The van der Waals surface area contributed by atoms with Crippen molar-refractivity contribution in [2.45, 2.75) is 63.3 Å². The lowest BCUT2D eigenvalue weighted by Gasteiger charge is -2.39. The van der Waals surface area contributed by atoms with Gasteiger partial charge in [0.1, 0.15) is 12.2 Å². The van der Waals surface area contributed by atoms with Gasteiger partial charge in [0.2, 0.25) is 11.8 Å². The summed E-state index contributed by atoms with van der Waals surface area (Å²) >= 11 is 0. The summed E-state index contributed by atoms with van der Waals surface area (Å²) in [5.74, 6) is 1.89. The molecule has 0 unspecified atom stereocenters. The summed E-state index contributed by atoms with van der Waals surface area (Å²) in [6.45, 7) is 2.19. The first-order valence-electron chi connectivity index (χ1n) is 10.1. The smallest absolute Gasteiger partial charge is 0.227 e. The van der Waals surface area contributed by atoms with E-state index in [-0.39, 0.29) is 17.7 Å². The Kier molecular flexibility index (Phi) is 4.96. The molecule has 1 aromatic rings. The van der Waals surface area contributed by atoms with Gasteiger partial charge in [-0.25, -0.2) is 0 Å².